The monoisotopic (exact) mass is 540 g/mol. The van der Waals surface area contributed by atoms with Gasteiger partial charge in [0.15, 0.2) is 0 Å². The molecule has 40 heavy (non-hydrogen) atoms. The molecule has 5 rings (SSSR count). The predicted octanol–water partition coefficient (Wildman–Crippen LogP) is 5.24. The van der Waals surface area contributed by atoms with E-state index in [4.69, 9.17) is 18.9 Å². The van der Waals surface area contributed by atoms with Crippen molar-refractivity contribution in [1.82, 2.24) is 0 Å². The van der Waals surface area contributed by atoms with Crippen molar-refractivity contribution in [2.75, 3.05) is 6.61 Å². The zero-order valence-electron chi connectivity index (χ0n) is 22.4. The lowest BCUT2D eigenvalue weighted by Crippen LogP contribution is -2.61. The molecule has 2 N–H and O–H groups in total. The highest BCUT2D eigenvalue weighted by Gasteiger charge is 2.49. The minimum Gasteiger partial charge on any atom is -0.387 e. The summed E-state index contributed by atoms with van der Waals surface area (Å²) in [5, 5.41) is 22.9. The van der Waals surface area contributed by atoms with E-state index in [0.29, 0.717) is 18.8 Å². The molecule has 1 fully saturated rings. The van der Waals surface area contributed by atoms with Crippen molar-refractivity contribution >= 4 is 0 Å². The summed E-state index contributed by atoms with van der Waals surface area (Å²) in [6, 6.07) is 38.8. The first-order valence-corrected chi connectivity index (χ1v) is 13.7. The SMILES string of the molecule is O[C@@H]1[C@@H](OCc2ccccc2)[C@@H](OCc2ccccc2)[C@@H](COCc2ccccc2)O[C@@H]1[C@H](O)c1ccccc1. The molecule has 1 saturated heterocycles. The van der Waals surface area contributed by atoms with Crippen molar-refractivity contribution in [3.05, 3.63) is 144 Å². The van der Waals surface area contributed by atoms with Crippen LogP contribution < -0.4 is 0 Å². The Labute approximate surface area is 235 Å². The van der Waals surface area contributed by atoms with E-state index in [1.807, 2.05) is 121 Å². The van der Waals surface area contributed by atoms with Gasteiger partial charge in [0.2, 0.25) is 0 Å². The molecule has 208 valence electrons. The quantitative estimate of drug-likeness (QED) is 0.256. The zero-order chi connectivity index (χ0) is 27.6. The van der Waals surface area contributed by atoms with Crippen LogP contribution in [-0.2, 0) is 38.8 Å². The Hall–Kier alpha value is -3.36. The lowest BCUT2D eigenvalue weighted by Gasteiger charge is -2.46. The van der Waals surface area contributed by atoms with Crippen LogP contribution in [0.15, 0.2) is 121 Å². The molecule has 6 heteroatoms. The summed E-state index contributed by atoms with van der Waals surface area (Å²) in [6.07, 6.45) is -5.17. The van der Waals surface area contributed by atoms with Gasteiger partial charge in [-0.25, -0.2) is 0 Å². The summed E-state index contributed by atoms with van der Waals surface area (Å²) < 4.78 is 25.3. The third kappa shape index (κ3) is 7.43. The summed E-state index contributed by atoms with van der Waals surface area (Å²) in [5.74, 6) is 0. The molecule has 0 radical (unpaired) electrons. The maximum Gasteiger partial charge on any atom is 0.117 e. The maximum absolute atomic E-state index is 11.6. The first-order valence-electron chi connectivity index (χ1n) is 13.7. The average molecular weight is 541 g/mol. The van der Waals surface area contributed by atoms with Crippen LogP contribution in [0, 0.1) is 0 Å². The largest absolute Gasteiger partial charge is 0.387 e. The molecule has 4 aromatic rings. The Morgan fingerprint density at radius 1 is 0.600 bits per heavy atom. The Morgan fingerprint density at radius 2 is 1.05 bits per heavy atom. The number of aliphatic hydroxyl groups is 2. The Balaban J connectivity index is 1.40. The van der Waals surface area contributed by atoms with E-state index in [1.54, 1.807) is 0 Å². The number of ether oxygens (including phenoxy) is 4. The standard InChI is InChI=1S/C34H36O6/c35-30(28-19-11-4-12-20-28)33-31(36)34(39-23-27-17-9-3-10-18-27)32(38-22-26-15-7-2-8-16-26)29(40-33)24-37-21-25-13-5-1-6-14-25/h1-20,29-36H,21-24H2/t29-,30-,31+,32+,33-,34-/m1/s1. The predicted molar refractivity (Wildman–Crippen MR) is 152 cm³/mol. The van der Waals surface area contributed by atoms with Gasteiger partial charge in [-0.3, -0.25) is 0 Å². The van der Waals surface area contributed by atoms with Crippen molar-refractivity contribution in [2.24, 2.45) is 0 Å². The molecule has 6 nitrogen and oxygen atoms in total. The van der Waals surface area contributed by atoms with Crippen LogP contribution in [0.2, 0.25) is 0 Å². The van der Waals surface area contributed by atoms with Crippen LogP contribution in [-0.4, -0.2) is 47.3 Å². The molecule has 1 aliphatic rings. The van der Waals surface area contributed by atoms with Crippen molar-refractivity contribution in [1.29, 1.82) is 0 Å². The number of benzene rings is 4. The fourth-order valence-corrected chi connectivity index (χ4v) is 4.98. The molecule has 1 aliphatic heterocycles. The molecule has 1 heterocycles. The second kappa shape index (κ2) is 14.3. The molecular weight excluding hydrogens is 504 g/mol. The van der Waals surface area contributed by atoms with Crippen LogP contribution in [0.5, 0.6) is 0 Å². The Bertz CT molecular complexity index is 1250. The average Bonchev–Trinajstić information content (AvgIpc) is 3.02. The number of hydrogen-bond donors (Lipinski definition) is 2. The highest BCUT2D eigenvalue weighted by molar-refractivity contribution is 5.20. The third-order valence-electron chi connectivity index (χ3n) is 7.11. The summed E-state index contributed by atoms with van der Waals surface area (Å²) in [5.41, 5.74) is 3.66. The second-order valence-corrected chi connectivity index (χ2v) is 10.0. The molecule has 0 unspecified atom stereocenters. The van der Waals surface area contributed by atoms with Crippen molar-refractivity contribution < 1.29 is 29.2 Å². The Kier molecular flexibility index (Phi) is 10.1. The smallest absolute Gasteiger partial charge is 0.117 e. The number of hydrogen-bond acceptors (Lipinski definition) is 6. The van der Waals surface area contributed by atoms with Gasteiger partial charge in [-0.1, -0.05) is 121 Å². The molecule has 4 aromatic carbocycles. The van der Waals surface area contributed by atoms with Crippen LogP contribution in [0.3, 0.4) is 0 Å². The fraction of sp³-hybridized carbons (Fsp3) is 0.294. The lowest BCUT2D eigenvalue weighted by atomic mass is 9.89. The van der Waals surface area contributed by atoms with E-state index >= 15 is 0 Å². The third-order valence-corrected chi connectivity index (χ3v) is 7.11. The van der Waals surface area contributed by atoms with E-state index in [9.17, 15) is 10.2 Å². The van der Waals surface area contributed by atoms with Crippen LogP contribution in [0.1, 0.15) is 28.4 Å². The second-order valence-electron chi connectivity index (χ2n) is 10.0. The van der Waals surface area contributed by atoms with E-state index in [2.05, 4.69) is 0 Å². The molecule has 0 aliphatic carbocycles. The zero-order valence-corrected chi connectivity index (χ0v) is 22.4. The summed E-state index contributed by atoms with van der Waals surface area (Å²) in [6.45, 7) is 1.19. The van der Waals surface area contributed by atoms with Gasteiger partial charge in [-0.05, 0) is 22.3 Å². The van der Waals surface area contributed by atoms with E-state index in [0.717, 1.165) is 16.7 Å². The molecular formula is C34H36O6. The van der Waals surface area contributed by atoms with Crippen LogP contribution >= 0.6 is 0 Å². The summed E-state index contributed by atoms with van der Waals surface area (Å²) >= 11 is 0. The van der Waals surface area contributed by atoms with E-state index < -0.39 is 36.6 Å². The molecule has 0 amide bonds. The molecule has 6 atom stereocenters. The van der Waals surface area contributed by atoms with Gasteiger partial charge < -0.3 is 29.2 Å². The van der Waals surface area contributed by atoms with Gasteiger partial charge in [-0.15, -0.1) is 0 Å². The van der Waals surface area contributed by atoms with Gasteiger partial charge in [0.05, 0.1) is 26.4 Å². The van der Waals surface area contributed by atoms with Gasteiger partial charge in [0.25, 0.3) is 0 Å². The Morgan fingerprint density at radius 3 is 1.57 bits per heavy atom. The normalized spacial score (nSPS) is 23.5. The maximum atomic E-state index is 11.6. The van der Waals surface area contributed by atoms with E-state index in [1.165, 1.54) is 0 Å². The topological polar surface area (TPSA) is 77.4 Å². The highest BCUT2D eigenvalue weighted by atomic mass is 16.6. The van der Waals surface area contributed by atoms with Crippen molar-refractivity contribution in [3.63, 3.8) is 0 Å². The lowest BCUT2D eigenvalue weighted by molar-refractivity contribution is -0.276. The first kappa shape index (κ1) is 28.2. The minimum atomic E-state index is -1.15. The van der Waals surface area contributed by atoms with Crippen molar-refractivity contribution in [3.8, 4) is 0 Å². The minimum absolute atomic E-state index is 0.199. The highest BCUT2D eigenvalue weighted by Crippen LogP contribution is 2.34. The summed E-state index contributed by atoms with van der Waals surface area (Å²) in [4.78, 5) is 0. The van der Waals surface area contributed by atoms with Crippen LogP contribution in [0.25, 0.3) is 0 Å². The first-order chi connectivity index (χ1) is 19.7. The van der Waals surface area contributed by atoms with Gasteiger partial charge in [0.1, 0.15) is 36.6 Å². The molecule has 0 spiro atoms. The van der Waals surface area contributed by atoms with Gasteiger partial charge in [-0.2, -0.15) is 0 Å². The van der Waals surface area contributed by atoms with Crippen molar-refractivity contribution in [2.45, 2.75) is 56.4 Å². The summed E-state index contributed by atoms with van der Waals surface area (Å²) in [7, 11) is 0. The number of rotatable bonds is 12. The van der Waals surface area contributed by atoms with Gasteiger partial charge in [0, 0.05) is 0 Å². The molecule has 0 aromatic heterocycles. The van der Waals surface area contributed by atoms with Crippen LogP contribution in [0.4, 0.5) is 0 Å². The van der Waals surface area contributed by atoms with E-state index in [-0.39, 0.29) is 13.2 Å². The fourth-order valence-electron chi connectivity index (χ4n) is 4.98. The molecule has 0 saturated carbocycles. The number of aliphatic hydroxyl groups excluding tert-OH is 2. The molecule has 0 bridgehead atoms. The van der Waals surface area contributed by atoms with Gasteiger partial charge >= 0.3 is 0 Å².